The molecule has 3 aromatic rings. The SMILES string of the molecule is Cc1cc(Br)c(NCc2cn3ccccc3n2)cc1Cl. The number of pyridine rings is 1. The molecule has 102 valence electrons. The summed E-state index contributed by atoms with van der Waals surface area (Å²) in [5.41, 5.74) is 3.96. The summed E-state index contributed by atoms with van der Waals surface area (Å²) in [7, 11) is 0. The molecule has 0 aliphatic rings. The van der Waals surface area contributed by atoms with Gasteiger partial charge in [-0.1, -0.05) is 17.7 Å². The van der Waals surface area contributed by atoms with Crippen molar-refractivity contribution in [1.82, 2.24) is 9.38 Å². The molecule has 0 fully saturated rings. The molecule has 0 unspecified atom stereocenters. The molecule has 3 rings (SSSR count). The van der Waals surface area contributed by atoms with E-state index >= 15 is 0 Å². The third-order valence-corrected chi connectivity index (χ3v) is 4.19. The number of fused-ring (bicyclic) bond motifs is 1. The van der Waals surface area contributed by atoms with Gasteiger partial charge in [0.05, 0.1) is 17.9 Å². The lowest BCUT2D eigenvalue weighted by Crippen LogP contribution is -2.00. The number of imidazole rings is 1. The molecular weight excluding hydrogens is 338 g/mol. The normalized spacial score (nSPS) is 10.9. The number of hydrogen-bond donors (Lipinski definition) is 1. The number of anilines is 1. The van der Waals surface area contributed by atoms with E-state index in [0.29, 0.717) is 6.54 Å². The van der Waals surface area contributed by atoms with Gasteiger partial charge in [-0.3, -0.25) is 0 Å². The predicted octanol–water partition coefficient (Wildman–Crippen LogP) is 4.67. The van der Waals surface area contributed by atoms with Gasteiger partial charge in [0, 0.05) is 21.9 Å². The lowest BCUT2D eigenvalue weighted by molar-refractivity contribution is 1.08. The third-order valence-electron chi connectivity index (χ3n) is 3.12. The molecule has 0 amide bonds. The summed E-state index contributed by atoms with van der Waals surface area (Å²) in [6.07, 6.45) is 4.01. The van der Waals surface area contributed by atoms with Crippen LogP contribution in [0.2, 0.25) is 5.02 Å². The quantitative estimate of drug-likeness (QED) is 0.743. The smallest absolute Gasteiger partial charge is 0.137 e. The first kappa shape index (κ1) is 13.5. The average Bonchev–Trinajstić information content (AvgIpc) is 2.84. The summed E-state index contributed by atoms with van der Waals surface area (Å²) in [6, 6.07) is 9.89. The van der Waals surface area contributed by atoms with Crippen LogP contribution in [0.25, 0.3) is 5.65 Å². The first-order valence-electron chi connectivity index (χ1n) is 6.25. The minimum Gasteiger partial charge on any atom is -0.378 e. The molecule has 0 radical (unpaired) electrons. The molecular formula is C15H13BrClN3. The summed E-state index contributed by atoms with van der Waals surface area (Å²) in [6.45, 7) is 2.64. The van der Waals surface area contributed by atoms with Crippen LogP contribution in [0.15, 0.2) is 47.2 Å². The number of aryl methyl sites for hydroxylation is 1. The van der Waals surface area contributed by atoms with Gasteiger partial charge in [0.25, 0.3) is 0 Å². The van der Waals surface area contributed by atoms with E-state index < -0.39 is 0 Å². The van der Waals surface area contributed by atoms with E-state index in [9.17, 15) is 0 Å². The number of aromatic nitrogens is 2. The Bertz CT molecular complexity index is 734. The van der Waals surface area contributed by atoms with Gasteiger partial charge in [0.2, 0.25) is 0 Å². The zero-order valence-corrected chi connectivity index (χ0v) is 13.2. The molecule has 0 saturated carbocycles. The molecule has 0 atom stereocenters. The summed E-state index contributed by atoms with van der Waals surface area (Å²) in [5, 5.41) is 4.11. The van der Waals surface area contributed by atoms with Crippen molar-refractivity contribution >= 4 is 38.9 Å². The second-order valence-corrected chi connectivity index (χ2v) is 5.89. The fourth-order valence-corrected chi connectivity index (χ4v) is 2.80. The average molecular weight is 351 g/mol. The van der Waals surface area contributed by atoms with Gasteiger partial charge >= 0.3 is 0 Å². The van der Waals surface area contributed by atoms with Gasteiger partial charge < -0.3 is 9.72 Å². The van der Waals surface area contributed by atoms with Crippen molar-refractivity contribution in [3.05, 3.63) is 63.5 Å². The molecule has 2 heterocycles. The van der Waals surface area contributed by atoms with Crippen molar-refractivity contribution < 1.29 is 0 Å². The van der Waals surface area contributed by atoms with Crippen molar-refractivity contribution in [2.45, 2.75) is 13.5 Å². The summed E-state index contributed by atoms with van der Waals surface area (Å²) < 4.78 is 3.01. The lowest BCUT2D eigenvalue weighted by Gasteiger charge is -2.09. The number of nitrogens with zero attached hydrogens (tertiary/aromatic N) is 2. The van der Waals surface area contributed by atoms with Crippen molar-refractivity contribution in [3.8, 4) is 0 Å². The van der Waals surface area contributed by atoms with Crippen LogP contribution in [0.1, 0.15) is 11.3 Å². The Morgan fingerprint density at radius 2 is 2.20 bits per heavy atom. The molecule has 20 heavy (non-hydrogen) atoms. The number of hydrogen-bond acceptors (Lipinski definition) is 2. The molecule has 0 aliphatic heterocycles. The molecule has 0 bridgehead atoms. The van der Waals surface area contributed by atoms with E-state index in [4.69, 9.17) is 11.6 Å². The Labute approximate surface area is 130 Å². The highest BCUT2D eigenvalue weighted by molar-refractivity contribution is 9.10. The highest BCUT2D eigenvalue weighted by Gasteiger charge is 2.05. The maximum absolute atomic E-state index is 6.15. The van der Waals surface area contributed by atoms with Crippen LogP contribution < -0.4 is 5.32 Å². The molecule has 1 N–H and O–H groups in total. The maximum Gasteiger partial charge on any atom is 0.137 e. The highest BCUT2D eigenvalue weighted by atomic mass is 79.9. The van der Waals surface area contributed by atoms with Crippen molar-refractivity contribution in [1.29, 1.82) is 0 Å². The number of nitrogens with one attached hydrogen (secondary N) is 1. The van der Waals surface area contributed by atoms with E-state index in [1.165, 1.54) is 0 Å². The summed E-state index contributed by atoms with van der Waals surface area (Å²) in [4.78, 5) is 4.55. The lowest BCUT2D eigenvalue weighted by atomic mass is 10.2. The van der Waals surface area contributed by atoms with Crippen molar-refractivity contribution in [2.24, 2.45) is 0 Å². The van der Waals surface area contributed by atoms with Crippen LogP contribution >= 0.6 is 27.5 Å². The zero-order chi connectivity index (χ0) is 14.1. The monoisotopic (exact) mass is 349 g/mol. The molecule has 0 spiro atoms. The predicted molar refractivity (Wildman–Crippen MR) is 86.4 cm³/mol. The first-order valence-corrected chi connectivity index (χ1v) is 7.43. The number of halogens is 2. The number of rotatable bonds is 3. The van der Waals surface area contributed by atoms with E-state index in [1.54, 1.807) is 0 Å². The largest absolute Gasteiger partial charge is 0.378 e. The molecule has 3 nitrogen and oxygen atoms in total. The Morgan fingerprint density at radius 3 is 3.00 bits per heavy atom. The second-order valence-electron chi connectivity index (χ2n) is 4.63. The minimum atomic E-state index is 0.652. The Hall–Kier alpha value is -1.52. The van der Waals surface area contributed by atoms with Gasteiger partial charge in [-0.25, -0.2) is 4.98 Å². The van der Waals surface area contributed by atoms with Crippen LogP contribution in [0.5, 0.6) is 0 Å². The Morgan fingerprint density at radius 1 is 1.35 bits per heavy atom. The Balaban J connectivity index is 1.81. The van der Waals surface area contributed by atoms with E-state index in [1.807, 2.05) is 54.0 Å². The van der Waals surface area contributed by atoms with Gasteiger partial charge in [-0.15, -0.1) is 0 Å². The molecule has 1 aromatic carbocycles. The van der Waals surface area contributed by atoms with Gasteiger partial charge in [-0.05, 0) is 52.7 Å². The van der Waals surface area contributed by atoms with Gasteiger partial charge in [-0.2, -0.15) is 0 Å². The molecule has 0 saturated heterocycles. The van der Waals surface area contributed by atoms with Crippen molar-refractivity contribution in [2.75, 3.05) is 5.32 Å². The standard InChI is InChI=1S/C15H13BrClN3/c1-10-6-12(16)14(7-13(10)17)18-8-11-9-20-5-3-2-4-15(20)19-11/h2-7,9,18H,8H2,1H3. The zero-order valence-electron chi connectivity index (χ0n) is 10.9. The van der Waals surface area contributed by atoms with E-state index in [-0.39, 0.29) is 0 Å². The van der Waals surface area contributed by atoms with Crippen LogP contribution in [0.4, 0.5) is 5.69 Å². The molecule has 2 aromatic heterocycles. The highest BCUT2D eigenvalue weighted by Crippen LogP contribution is 2.29. The van der Waals surface area contributed by atoms with Crippen LogP contribution in [-0.2, 0) is 6.54 Å². The van der Waals surface area contributed by atoms with Crippen LogP contribution in [0, 0.1) is 6.92 Å². The number of benzene rings is 1. The third kappa shape index (κ3) is 2.67. The summed E-state index contributed by atoms with van der Waals surface area (Å²) >= 11 is 9.69. The Kier molecular flexibility index (Phi) is 3.68. The minimum absolute atomic E-state index is 0.652. The van der Waals surface area contributed by atoms with E-state index in [0.717, 1.165) is 32.1 Å². The maximum atomic E-state index is 6.15. The van der Waals surface area contributed by atoms with Gasteiger partial charge in [0.15, 0.2) is 0 Å². The van der Waals surface area contributed by atoms with Crippen LogP contribution in [0.3, 0.4) is 0 Å². The van der Waals surface area contributed by atoms with E-state index in [2.05, 4.69) is 26.2 Å². The second kappa shape index (κ2) is 5.46. The van der Waals surface area contributed by atoms with Crippen LogP contribution in [-0.4, -0.2) is 9.38 Å². The fraction of sp³-hybridized carbons (Fsp3) is 0.133. The summed E-state index contributed by atoms with van der Waals surface area (Å²) in [5.74, 6) is 0. The van der Waals surface area contributed by atoms with Crippen molar-refractivity contribution in [3.63, 3.8) is 0 Å². The fourth-order valence-electron chi connectivity index (χ4n) is 2.04. The molecule has 0 aliphatic carbocycles. The topological polar surface area (TPSA) is 29.3 Å². The first-order chi connectivity index (χ1) is 9.63. The molecule has 5 heteroatoms. The van der Waals surface area contributed by atoms with Gasteiger partial charge in [0.1, 0.15) is 5.65 Å².